The van der Waals surface area contributed by atoms with Crippen LogP contribution in [0.4, 0.5) is 0 Å². The molecule has 0 spiro atoms. The normalized spacial score (nSPS) is 12.3. The Morgan fingerprint density at radius 2 is 0.915 bits per heavy atom. The minimum atomic E-state index is -2.03. The van der Waals surface area contributed by atoms with E-state index in [-0.39, 0.29) is 26.4 Å². The third kappa shape index (κ3) is 14.9. The maximum atomic E-state index is 12.1. The van der Waals surface area contributed by atoms with Crippen molar-refractivity contribution in [2.75, 3.05) is 26.4 Å². The molecule has 11 nitrogen and oxygen atoms in total. The third-order valence-corrected chi connectivity index (χ3v) is 14.5. The molecule has 0 aliphatic rings. The molecule has 0 unspecified atom stereocenters. The quantitative estimate of drug-likeness (QED) is 0.0800. The number of Topliss-reactive ketones (excluding diaryl/α,β-unsaturated/α-hetero) is 2. The van der Waals surface area contributed by atoms with Crippen LogP contribution in [0, 0.1) is 0 Å². The lowest BCUT2D eigenvalue weighted by Gasteiger charge is -2.34. The summed E-state index contributed by atoms with van der Waals surface area (Å²) in [6.45, 7) is 14.3. The van der Waals surface area contributed by atoms with Crippen molar-refractivity contribution in [1.82, 2.24) is 0 Å². The van der Waals surface area contributed by atoms with E-state index in [1.807, 2.05) is 0 Å². The molecular formula is C34H50O11Si2. The van der Waals surface area contributed by atoms with Gasteiger partial charge in [-0.1, -0.05) is 0 Å². The van der Waals surface area contributed by atoms with Crippen molar-refractivity contribution >= 4 is 40.1 Å². The van der Waals surface area contributed by atoms with Gasteiger partial charge in [-0.15, -0.1) is 0 Å². The second-order valence-corrected chi connectivity index (χ2v) is 22.5. The van der Waals surface area contributed by atoms with Crippen molar-refractivity contribution in [3.05, 3.63) is 59.7 Å². The highest BCUT2D eigenvalue weighted by atomic mass is 28.4. The van der Waals surface area contributed by atoms with Gasteiger partial charge in [-0.3, -0.25) is 9.59 Å². The minimum absolute atomic E-state index is 0.254. The van der Waals surface area contributed by atoms with Crippen LogP contribution >= 0.6 is 0 Å². The summed E-state index contributed by atoms with van der Waals surface area (Å²) in [6.07, 6.45) is 1.33. The standard InChI is InChI=1S/C34H50O11Si2/c1-33(2,39)31(37)25-11-15-27(16-12-25)43-23-29(35)41-19-9-21-46(5,6)45-47(7,8)22-10-20-42-30(36)24-44-28-17-13-26(14-18-28)32(38)34(3,4)40/h11-18,39-40H,9-10,19-24H2,1-8H3. The van der Waals surface area contributed by atoms with E-state index in [2.05, 4.69) is 26.2 Å². The van der Waals surface area contributed by atoms with Crippen LogP contribution in [0.2, 0.25) is 38.3 Å². The summed E-state index contributed by atoms with van der Waals surface area (Å²) in [5.74, 6) is -0.966. The van der Waals surface area contributed by atoms with Gasteiger partial charge in [-0.05, 0) is 127 Å². The van der Waals surface area contributed by atoms with Crippen LogP contribution in [0.15, 0.2) is 48.5 Å². The molecule has 0 heterocycles. The van der Waals surface area contributed by atoms with Crippen LogP contribution in [0.5, 0.6) is 11.5 Å². The first-order valence-electron chi connectivity index (χ1n) is 15.7. The number of hydrogen-bond acceptors (Lipinski definition) is 11. The molecule has 0 bridgehead atoms. The van der Waals surface area contributed by atoms with Crippen LogP contribution in [-0.2, 0) is 23.2 Å². The molecule has 47 heavy (non-hydrogen) atoms. The molecule has 0 aromatic heterocycles. The Labute approximate surface area is 279 Å². The van der Waals surface area contributed by atoms with Gasteiger partial charge in [0.25, 0.3) is 0 Å². The predicted octanol–water partition coefficient (Wildman–Crippen LogP) is 5.35. The van der Waals surface area contributed by atoms with Crippen molar-refractivity contribution in [3.63, 3.8) is 0 Å². The summed E-state index contributed by atoms with van der Waals surface area (Å²) < 4.78 is 28.2. The number of rotatable bonds is 20. The average molecular weight is 691 g/mol. The number of esters is 2. The van der Waals surface area contributed by atoms with Gasteiger partial charge in [0, 0.05) is 11.1 Å². The molecule has 13 heteroatoms. The molecule has 0 amide bonds. The monoisotopic (exact) mass is 690 g/mol. The zero-order valence-electron chi connectivity index (χ0n) is 28.8. The number of carbonyl (C=O) groups is 4. The molecule has 0 saturated heterocycles. The van der Waals surface area contributed by atoms with Gasteiger partial charge in [0.2, 0.25) is 0 Å². The maximum absolute atomic E-state index is 12.1. The molecule has 2 rings (SSSR count). The molecule has 0 aliphatic carbocycles. The summed E-state index contributed by atoms with van der Waals surface area (Å²) in [6, 6.07) is 14.0. The Balaban J connectivity index is 1.62. The van der Waals surface area contributed by atoms with Crippen molar-refractivity contribution in [3.8, 4) is 11.5 Å². The first-order valence-corrected chi connectivity index (χ1v) is 21.9. The van der Waals surface area contributed by atoms with E-state index >= 15 is 0 Å². The van der Waals surface area contributed by atoms with Gasteiger partial charge < -0.3 is 33.3 Å². The fourth-order valence-corrected chi connectivity index (χ4v) is 13.5. The van der Waals surface area contributed by atoms with Gasteiger partial charge in [-0.25, -0.2) is 9.59 Å². The molecule has 0 radical (unpaired) electrons. The minimum Gasteiger partial charge on any atom is -0.482 e. The van der Waals surface area contributed by atoms with Crippen molar-refractivity contribution in [2.24, 2.45) is 0 Å². The summed E-state index contributed by atoms with van der Waals surface area (Å²) in [5, 5.41) is 19.7. The first-order chi connectivity index (χ1) is 21.7. The Hall–Kier alpha value is -3.37. The molecule has 2 N–H and O–H groups in total. The number of ether oxygens (including phenoxy) is 4. The highest BCUT2D eigenvalue weighted by Gasteiger charge is 2.32. The van der Waals surface area contributed by atoms with Crippen LogP contribution in [0.1, 0.15) is 61.3 Å². The van der Waals surface area contributed by atoms with Gasteiger partial charge in [0.15, 0.2) is 41.4 Å². The second-order valence-electron chi connectivity index (χ2n) is 13.7. The van der Waals surface area contributed by atoms with E-state index in [1.165, 1.54) is 52.0 Å². The van der Waals surface area contributed by atoms with Crippen LogP contribution < -0.4 is 9.47 Å². The lowest BCUT2D eigenvalue weighted by atomic mass is 9.97. The topological polar surface area (TPSA) is 155 Å². The molecule has 2 aromatic rings. The zero-order chi connectivity index (χ0) is 35.5. The van der Waals surface area contributed by atoms with Gasteiger partial charge in [-0.2, -0.15) is 0 Å². The fourth-order valence-electron chi connectivity index (χ4n) is 4.70. The number of ketones is 2. The number of benzene rings is 2. The molecule has 0 saturated carbocycles. The maximum Gasteiger partial charge on any atom is 0.344 e. The Morgan fingerprint density at radius 3 is 1.21 bits per heavy atom. The third-order valence-electron chi connectivity index (χ3n) is 6.98. The number of carbonyl (C=O) groups excluding carboxylic acids is 4. The van der Waals surface area contributed by atoms with E-state index in [0.717, 1.165) is 12.1 Å². The smallest absolute Gasteiger partial charge is 0.344 e. The summed E-state index contributed by atoms with van der Waals surface area (Å²) in [4.78, 5) is 48.5. The zero-order valence-corrected chi connectivity index (χ0v) is 30.8. The molecule has 260 valence electrons. The highest BCUT2D eigenvalue weighted by molar-refractivity contribution is 6.84. The molecular weight excluding hydrogens is 641 g/mol. The van der Waals surface area contributed by atoms with E-state index in [9.17, 15) is 29.4 Å². The lowest BCUT2D eigenvalue weighted by Crippen LogP contribution is -2.44. The Morgan fingerprint density at radius 1 is 0.596 bits per heavy atom. The molecule has 0 atom stereocenters. The molecule has 2 aromatic carbocycles. The Bertz CT molecular complexity index is 1240. The van der Waals surface area contributed by atoms with Crippen LogP contribution in [0.3, 0.4) is 0 Å². The molecule has 0 fully saturated rings. The second kappa shape index (κ2) is 17.2. The van der Waals surface area contributed by atoms with Crippen LogP contribution in [-0.4, -0.2) is 88.0 Å². The number of aliphatic hydroxyl groups is 2. The summed E-state index contributed by atoms with van der Waals surface area (Å²) in [5.41, 5.74) is -2.24. The SMILES string of the molecule is CC(C)(O)C(=O)c1ccc(OCC(=O)OCCC[Si](C)(C)O[Si](C)(C)CCCOC(=O)COc2ccc(C(=O)C(C)(C)O)cc2)cc1. The largest absolute Gasteiger partial charge is 0.482 e. The van der Waals surface area contributed by atoms with E-state index in [0.29, 0.717) is 35.5 Å². The van der Waals surface area contributed by atoms with Crippen molar-refractivity contribution in [2.45, 2.75) is 90.0 Å². The number of hydrogen-bond donors (Lipinski definition) is 2. The van der Waals surface area contributed by atoms with E-state index in [4.69, 9.17) is 23.1 Å². The molecule has 0 aliphatic heterocycles. The van der Waals surface area contributed by atoms with Crippen molar-refractivity contribution in [1.29, 1.82) is 0 Å². The van der Waals surface area contributed by atoms with Gasteiger partial charge in [0.05, 0.1) is 13.2 Å². The van der Waals surface area contributed by atoms with E-state index in [1.54, 1.807) is 24.3 Å². The van der Waals surface area contributed by atoms with Crippen LogP contribution in [0.25, 0.3) is 0 Å². The van der Waals surface area contributed by atoms with Gasteiger partial charge >= 0.3 is 11.9 Å². The fraction of sp³-hybridized carbons (Fsp3) is 0.529. The first kappa shape index (κ1) is 39.8. The predicted molar refractivity (Wildman–Crippen MR) is 182 cm³/mol. The Kier molecular flexibility index (Phi) is 14.5. The highest BCUT2D eigenvalue weighted by Crippen LogP contribution is 2.24. The van der Waals surface area contributed by atoms with E-state index < -0.39 is 51.3 Å². The lowest BCUT2D eigenvalue weighted by molar-refractivity contribution is -0.146. The van der Waals surface area contributed by atoms with Gasteiger partial charge in [0.1, 0.15) is 22.7 Å². The average Bonchev–Trinajstić information content (AvgIpc) is 2.97. The van der Waals surface area contributed by atoms with Crippen molar-refractivity contribution < 1.29 is 52.5 Å². The summed E-state index contributed by atoms with van der Waals surface area (Å²) in [7, 11) is -4.07. The summed E-state index contributed by atoms with van der Waals surface area (Å²) >= 11 is 0.